The Morgan fingerprint density at radius 2 is 1.50 bits per heavy atom. The van der Waals surface area contributed by atoms with Crippen molar-refractivity contribution < 1.29 is 22.9 Å². The number of benzene rings is 1. The van der Waals surface area contributed by atoms with E-state index < -0.39 is 22.9 Å². The van der Waals surface area contributed by atoms with Gasteiger partial charge in [0.1, 0.15) is 0 Å². The van der Waals surface area contributed by atoms with Crippen molar-refractivity contribution in [2.75, 3.05) is 0 Å². The van der Waals surface area contributed by atoms with Crippen molar-refractivity contribution in [3.63, 3.8) is 0 Å². The quantitative estimate of drug-likeness (QED) is 0.475. The van der Waals surface area contributed by atoms with E-state index in [1.165, 1.54) is 11.1 Å². The molecule has 0 N–H and O–H groups in total. The third kappa shape index (κ3) is 2.19. The van der Waals surface area contributed by atoms with Gasteiger partial charge in [-0.2, -0.15) is 0 Å². The maximum atomic E-state index is 2.57. The summed E-state index contributed by atoms with van der Waals surface area (Å²) < 4.78 is 2.13. The summed E-state index contributed by atoms with van der Waals surface area (Å²) in [5, 5.41) is 0. The van der Waals surface area contributed by atoms with Gasteiger partial charge in [0.25, 0.3) is 0 Å². The molecular formula is C21H26Hf. The molecule has 0 spiro atoms. The van der Waals surface area contributed by atoms with E-state index in [0.29, 0.717) is 3.17 Å². The Morgan fingerprint density at radius 1 is 0.864 bits per heavy atom. The summed E-state index contributed by atoms with van der Waals surface area (Å²) in [6.45, 7) is 16.7. The summed E-state index contributed by atoms with van der Waals surface area (Å²) in [5.74, 6) is 0. The van der Waals surface area contributed by atoms with Crippen LogP contribution in [-0.2, 0) is 26.1 Å². The molecule has 2 aliphatic rings. The number of fused-ring (bicyclic) bond motifs is 1. The minimum absolute atomic E-state index is 0.277. The molecule has 0 fully saturated rings. The molecule has 0 nitrogen and oxygen atoms in total. The van der Waals surface area contributed by atoms with Crippen molar-refractivity contribution in [3.05, 3.63) is 61.5 Å². The molecule has 22 heavy (non-hydrogen) atoms. The van der Waals surface area contributed by atoms with Crippen LogP contribution in [0.5, 0.6) is 0 Å². The van der Waals surface area contributed by atoms with E-state index in [4.69, 9.17) is 0 Å². The molecule has 1 aromatic rings. The number of hydrogen-bond donors (Lipinski definition) is 0. The van der Waals surface area contributed by atoms with Crippen molar-refractivity contribution in [2.45, 2.75) is 51.6 Å². The Bertz CT molecular complexity index is 743. The van der Waals surface area contributed by atoms with Gasteiger partial charge in [0, 0.05) is 0 Å². The molecule has 0 saturated carbocycles. The molecule has 3 rings (SSSR count). The SMILES string of the molecule is CC1=C[C](C)([Hf][C]2=C(C)C(C)=C(C)C2(C)C)c2ccccc21. The molecule has 0 bridgehead atoms. The topological polar surface area (TPSA) is 0 Å². The van der Waals surface area contributed by atoms with E-state index in [0.717, 1.165) is 0 Å². The van der Waals surface area contributed by atoms with Crippen molar-refractivity contribution in [3.8, 4) is 0 Å². The molecule has 114 valence electrons. The van der Waals surface area contributed by atoms with Gasteiger partial charge >= 0.3 is 147 Å². The first-order valence-electron chi connectivity index (χ1n) is 8.15. The summed E-state index contributed by atoms with van der Waals surface area (Å²) >= 11 is -1.04. The van der Waals surface area contributed by atoms with E-state index in [9.17, 15) is 0 Å². The van der Waals surface area contributed by atoms with E-state index in [-0.39, 0.29) is 5.41 Å². The van der Waals surface area contributed by atoms with Crippen molar-refractivity contribution in [1.29, 1.82) is 0 Å². The van der Waals surface area contributed by atoms with Gasteiger partial charge in [-0.15, -0.1) is 0 Å². The van der Waals surface area contributed by atoms with Gasteiger partial charge < -0.3 is 0 Å². The Kier molecular flexibility index (Phi) is 3.79. The van der Waals surface area contributed by atoms with E-state index in [2.05, 4.69) is 78.8 Å². The Labute approximate surface area is 146 Å². The zero-order valence-electron chi connectivity index (χ0n) is 14.9. The molecule has 0 heterocycles. The normalized spacial score (nSPS) is 26.4. The molecule has 1 unspecified atom stereocenters. The molecule has 0 aliphatic heterocycles. The van der Waals surface area contributed by atoms with Gasteiger partial charge in [0.2, 0.25) is 0 Å². The molecule has 0 radical (unpaired) electrons. The van der Waals surface area contributed by atoms with E-state index in [1.54, 1.807) is 22.3 Å². The van der Waals surface area contributed by atoms with Crippen LogP contribution < -0.4 is 0 Å². The van der Waals surface area contributed by atoms with Crippen LogP contribution >= 0.6 is 0 Å². The summed E-state index contributed by atoms with van der Waals surface area (Å²) in [6.07, 6.45) is 2.57. The monoisotopic (exact) mass is 458 g/mol. The van der Waals surface area contributed by atoms with Crippen LogP contribution in [0.15, 0.2) is 50.4 Å². The average molecular weight is 457 g/mol. The van der Waals surface area contributed by atoms with Crippen molar-refractivity contribution in [2.24, 2.45) is 5.41 Å². The molecule has 1 aromatic carbocycles. The first kappa shape index (κ1) is 16.2. The molecule has 0 amide bonds. The summed E-state index contributed by atoms with van der Waals surface area (Å²) in [4.78, 5) is 0. The zero-order chi connectivity index (χ0) is 16.3. The van der Waals surface area contributed by atoms with E-state index >= 15 is 0 Å². The third-order valence-corrected chi connectivity index (χ3v) is 13.7. The van der Waals surface area contributed by atoms with Crippen molar-refractivity contribution >= 4 is 5.57 Å². The molecule has 1 heteroatoms. The zero-order valence-corrected chi connectivity index (χ0v) is 18.5. The van der Waals surface area contributed by atoms with Crippen LogP contribution in [0, 0.1) is 5.41 Å². The number of hydrogen-bond acceptors (Lipinski definition) is 0. The maximum absolute atomic E-state index is 2.57. The predicted molar refractivity (Wildman–Crippen MR) is 92.3 cm³/mol. The van der Waals surface area contributed by atoms with Crippen LogP contribution in [0.4, 0.5) is 0 Å². The molecular weight excluding hydrogens is 431 g/mol. The van der Waals surface area contributed by atoms with Gasteiger partial charge in [-0.25, -0.2) is 0 Å². The van der Waals surface area contributed by atoms with Crippen LogP contribution in [0.2, 0.25) is 0 Å². The fraction of sp³-hybridized carbons (Fsp3) is 0.429. The van der Waals surface area contributed by atoms with Gasteiger partial charge in [-0.3, -0.25) is 0 Å². The summed E-state index contributed by atoms with van der Waals surface area (Å²) in [6, 6.07) is 9.05. The van der Waals surface area contributed by atoms with E-state index in [1.807, 2.05) is 3.33 Å². The summed E-state index contributed by atoms with van der Waals surface area (Å²) in [7, 11) is 0. The second kappa shape index (κ2) is 5.16. The number of allylic oxidation sites excluding steroid dienone is 6. The van der Waals surface area contributed by atoms with Gasteiger partial charge in [0.15, 0.2) is 0 Å². The minimum atomic E-state index is -1.04. The third-order valence-electron chi connectivity index (χ3n) is 5.86. The molecule has 2 aliphatic carbocycles. The molecule has 0 aromatic heterocycles. The fourth-order valence-electron chi connectivity index (χ4n) is 4.08. The van der Waals surface area contributed by atoms with Crippen LogP contribution in [-0.4, -0.2) is 0 Å². The Morgan fingerprint density at radius 3 is 2.09 bits per heavy atom. The standard InChI is InChI=1S/C11H11.C10H15.Hf/c1-8-7-9(2)11-6-4-3-5-10(8)11;1-7-6-10(4,5)9(3)8(7)2;/h3-7H,1-2H3;1-5H3;. The van der Waals surface area contributed by atoms with Crippen molar-refractivity contribution in [1.82, 2.24) is 0 Å². The second-order valence-electron chi connectivity index (χ2n) is 7.58. The van der Waals surface area contributed by atoms with Crippen LogP contribution in [0.1, 0.15) is 59.6 Å². The average Bonchev–Trinajstić information content (AvgIpc) is 2.81. The summed E-state index contributed by atoms with van der Waals surface area (Å²) in [5.41, 5.74) is 9.54. The fourth-order valence-corrected chi connectivity index (χ4v) is 11.4. The molecule has 0 saturated heterocycles. The van der Waals surface area contributed by atoms with Gasteiger partial charge in [0.05, 0.1) is 0 Å². The predicted octanol–water partition coefficient (Wildman–Crippen LogP) is 6.05. The van der Waals surface area contributed by atoms with Gasteiger partial charge in [-0.1, -0.05) is 0 Å². The molecule has 1 atom stereocenters. The first-order chi connectivity index (χ1) is 10.2. The Balaban J connectivity index is 2.06. The second-order valence-corrected chi connectivity index (χ2v) is 14.0. The van der Waals surface area contributed by atoms with Crippen LogP contribution in [0.3, 0.4) is 0 Å². The van der Waals surface area contributed by atoms with Gasteiger partial charge in [-0.05, 0) is 0 Å². The van der Waals surface area contributed by atoms with Crippen LogP contribution in [0.25, 0.3) is 5.57 Å². The Hall–Kier alpha value is -0.690. The first-order valence-corrected chi connectivity index (χ1v) is 11.7. The number of rotatable bonds is 2.